The highest BCUT2D eigenvalue weighted by molar-refractivity contribution is 6.31. The predicted molar refractivity (Wildman–Crippen MR) is 117 cm³/mol. The summed E-state index contributed by atoms with van der Waals surface area (Å²) in [4.78, 5) is 32.8. The summed E-state index contributed by atoms with van der Waals surface area (Å²) >= 11 is 12.3. The van der Waals surface area contributed by atoms with E-state index in [2.05, 4.69) is 4.98 Å². The zero-order valence-electron chi connectivity index (χ0n) is 15.7. The molecule has 0 bridgehead atoms. The molecule has 0 spiro atoms. The van der Waals surface area contributed by atoms with Gasteiger partial charge in [0.1, 0.15) is 11.4 Å². The lowest BCUT2D eigenvalue weighted by molar-refractivity contribution is 0.0970. The first-order valence-electron chi connectivity index (χ1n) is 9.22. The first-order chi connectivity index (χ1) is 14.4. The number of nitrogens with zero attached hydrogens (tertiary/aromatic N) is 2. The van der Waals surface area contributed by atoms with E-state index in [1.54, 1.807) is 48.7 Å². The van der Waals surface area contributed by atoms with E-state index in [1.165, 1.54) is 4.90 Å². The van der Waals surface area contributed by atoms with Crippen molar-refractivity contribution in [3.8, 4) is 0 Å². The fourth-order valence-electron chi connectivity index (χ4n) is 3.78. The molecule has 0 saturated heterocycles. The fraction of sp³-hybridized carbons (Fsp3) is 0.0870. The van der Waals surface area contributed by atoms with Gasteiger partial charge in [-0.3, -0.25) is 14.5 Å². The van der Waals surface area contributed by atoms with Crippen molar-refractivity contribution in [2.75, 3.05) is 4.90 Å². The second-order valence-corrected chi connectivity index (χ2v) is 8.01. The van der Waals surface area contributed by atoms with E-state index in [0.29, 0.717) is 32.4 Å². The Morgan fingerprint density at radius 2 is 1.80 bits per heavy atom. The van der Waals surface area contributed by atoms with Gasteiger partial charge >= 0.3 is 0 Å². The summed E-state index contributed by atoms with van der Waals surface area (Å²) in [5, 5.41) is 1.23. The van der Waals surface area contributed by atoms with Gasteiger partial charge < -0.3 is 4.42 Å². The zero-order valence-corrected chi connectivity index (χ0v) is 17.2. The molecule has 0 aliphatic carbocycles. The summed E-state index contributed by atoms with van der Waals surface area (Å²) < 4.78 is 5.90. The number of hydrogen-bond acceptors (Lipinski definition) is 4. The van der Waals surface area contributed by atoms with Crippen molar-refractivity contribution in [2.24, 2.45) is 0 Å². The van der Waals surface area contributed by atoms with Gasteiger partial charge in [-0.1, -0.05) is 41.4 Å². The minimum absolute atomic E-state index is 0.00201. The molecule has 4 aromatic rings. The summed E-state index contributed by atoms with van der Waals surface area (Å²) in [5.74, 6) is -0.00841. The standard InChI is InChI=1S/C23H14Cl2N2O3/c1-12-5-8-18(26-11-12)27-20(13-3-2-4-14(24)9-13)19-21(28)16-10-15(25)6-7-17(16)30-22(19)23(27)29/h2-11,20H,1H3. The molecule has 2 aromatic heterocycles. The Morgan fingerprint density at radius 1 is 1.00 bits per heavy atom. The number of hydrogen-bond donors (Lipinski definition) is 0. The molecule has 1 unspecified atom stereocenters. The summed E-state index contributed by atoms with van der Waals surface area (Å²) in [6, 6.07) is 14.7. The minimum Gasteiger partial charge on any atom is -0.450 e. The average molecular weight is 437 g/mol. The molecule has 148 valence electrons. The highest BCUT2D eigenvalue weighted by Gasteiger charge is 2.44. The Bertz CT molecular complexity index is 1380. The van der Waals surface area contributed by atoms with Gasteiger partial charge in [-0.2, -0.15) is 0 Å². The molecule has 1 atom stereocenters. The largest absolute Gasteiger partial charge is 0.450 e. The highest BCUT2D eigenvalue weighted by Crippen LogP contribution is 2.41. The van der Waals surface area contributed by atoms with Crippen LogP contribution < -0.4 is 10.3 Å². The second-order valence-electron chi connectivity index (χ2n) is 7.14. The Kier molecular flexibility index (Phi) is 4.38. The van der Waals surface area contributed by atoms with Crippen molar-refractivity contribution in [2.45, 2.75) is 13.0 Å². The SMILES string of the molecule is Cc1ccc(N2C(=O)c3oc4ccc(Cl)cc4c(=O)c3C2c2cccc(Cl)c2)nc1. The van der Waals surface area contributed by atoms with E-state index >= 15 is 0 Å². The van der Waals surface area contributed by atoms with Crippen LogP contribution in [0.15, 0.2) is 70.0 Å². The lowest BCUT2D eigenvalue weighted by atomic mass is 9.98. The number of carbonyl (C=O) groups excluding carboxylic acids is 1. The maximum atomic E-state index is 13.5. The fourth-order valence-corrected chi connectivity index (χ4v) is 4.15. The Balaban J connectivity index is 1.83. The van der Waals surface area contributed by atoms with Crippen LogP contribution >= 0.6 is 23.2 Å². The van der Waals surface area contributed by atoms with Gasteiger partial charge in [-0.05, 0) is 54.4 Å². The molecule has 7 heteroatoms. The number of benzene rings is 2. The van der Waals surface area contributed by atoms with Crippen LogP contribution in [0.5, 0.6) is 0 Å². The minimum atomic E-state index is -0.721. The third-order valence-corrected chi connectivity index (χ3v) is 5.61. The van der Waals surface area contributed by atoms with E-state index in [4.69, 9.17) is 27.6 Å². The average Bonchev–Trinajstić information content (AvgIpc) is 3.02. The van der Waals surface area contributed by atoms with Crippen molar-refractivity contribution in [3.05, 3.63) is 104 Å². The third kappa shape index (κ3) is 2.90. The first-order valence-corrected chi connectivity index (χ1v) is 9.97. The third-order valence-electron chi connectivity index (χ3n) is 5.14. The molecular formula is C23H14Cl2N2O3. The molecule has 30 heavy (non-hydrogen) atoms. The molecule has 2 aromatic carbocycles. The number of halogens is 2. The van der Waals surface area contributed by atoms with Crippen LogP contribution in [-0.4, -0.2) is 10.9 Å². The van der Waals surface area contributed by atoms with Gasteiger partial charge in [0.25, 0.3) is 5.91 Å². The molecular weight excluding hydrogens is 423 g/mol. The molecule has 1 aliphatic rings. The molecule has 0 saturated carbocycles. The van der Waals surface area contributed by atoms with Crippen molar-refractivity contribution in [3.63, 3.8) is 0 Å². The molecule has 5 rings (SSSR count). The van der Waals surface area contributed by atoms with Crippen LogP contribution in [0.2, 0.25) is 10.0 Å². The molecule has 3 heterocycles. The Labute approximate surface area is 181 Å². The molecule has 1 amide bonds. The smallest absolute Gasteiger partial charge is 0.296 e. The summed E-state index contributed by atoms with van der Waals surface area (Å²) in [7, 11) is 0. The predicted octanol–water partition coefficient (Wildman–Crippen LogP) is 5.55. The maximum Gasteiger partial charge on any atom is 0.296 e. The van der Waals surface area contributed by atoms with Gasteiger partial charge in [-0.15, -0.1) is 0 Å². The number of carbonyl (C=O) groups is 1. The van der Waals surface area contributed by atoms with E-state index < -0.39 is 11.9 Å². The molecule has 1 aliphatic heterocycles. The van der Waals surface area contributed by atoms with Crippen molar-refractivity contribution in [1.82, 2.24) is 4.98 Å². The van der Waals surface area contributed by atoms with Gasteiger partial charge in [0.15, 0.2) is 5.43 Å². The van der Waals surface area contributed by atoms with Crippen LogP contribution in [0.1, 0.15) is 33.3 Å². The van der Waals surface area contributed by atoms with Crippen molar-refractivity contribution >= 4 is 45.9 Å². The maximum absolute atomic E-state index is 13.5. The van der Waals surface area contributed by atoms with E-state index in [0.717, 1.165) is 5.56 Å². The van der Waals surface area contributed by atoms with Gasteiger partial charge in [0.2, 0.25) is 5.76 Å². The topological polar surface area (TPSA) is 63.4 Å². The van der Waals surface area contributed by atoms with Crippen LogP contribution in [0.4, 0.5) is 5.82 Å². The lowest BCUT2D eigenvalue weighted by Gasteiger charge is -2.24. The highest BCUT2D eigenvalue weighted by atomic mass is 35.5. The zero-order chi connectivity index (χ0) is 21.0. The monoisotopic (exact) mass is 436 g/mol. The molecule has 0 radical (unpaired) electrons. The van der Waals surface area contributed by atoms with Gasteiger partial charge in [-0.25, -0.2) is 4.98 Å². The van der Waals surface area contributed by atoms with E-state index in [9.17, 15) is 9.59 Å². The number of aromatic nitrogens is 1. The van der Waals surface area contributed by atoms with Gasteiger partial charge in [0.05, 0.1) is 17.0 Å². The van der Waals surface area contributed by atoms with Crippen molar-refractivity contribution in [1.29, 1.82) is 0 Å². The number of fused-ring (bicyclic) bond motifs is 2. The van der Waals surface area contributed by atoms with E-state index in [-0.39, 0.29) is 16.8 Å². The molecule has 5 nitrogen and oxygen atoms in total. The normalized spacial score (nSPS) is 15.6. The van der Waals surface area contributed by atoms with Crippen LogP contribution in [0.3, 0.4) is 0 Å². The summed E-state index contributed by atoms with van der Waals surface area (Å²) in [6.07, 6.45) is 1.67. The van der Waals surface area contributed by atoms with Crippen LogP contribution in [0.25, 0.3) is 11.0 Å². The van der Waals surface area contributed by atoms with Crippen LogP contribution in [-0.2, 0) is 0 Å². The number of aryl methyl sites for hydroxylation is 1. The summed E-state index contributed by atoms with van der Waals surface area (Å²) in [5.41, 5.74) is 1.89. The number of pyridine rings is 1. The lowest BCUT2D eigenvalue weighted by Crippen LogP contribution is -2.30. The van der Waals surface area contributed by atoms with Crippen molar-refractivity contribution < 1.29 is 9.21 Å². The second kappa shape index (κ2) is 6.97. The first kappa shape index (κ1) is 18.9. The summed E-state index contributed by atoms with van der Waals surface area (Å²) in [6.45, 7) is 1.91. The molecule has 0 N–H and O–H groups in total. The van der Waals surface area contributed by atoms with Gasteiger partial charge in [0, 0.05) is 16.2 Å². The van der Waals surface area contributed by atoms with Crippen LogP contribution in [0, 0.1) is 6.92 Å². The Morgan fingerprint density at radius 3 is 2.53 bits per heavy atom. The number of rotatable bonds is 2. The quantitative estimate of drug-likeness (QED) is 0.412. The number of amides is 1. The number of anilines is 1. The molecule has 0 fully saturated rings. The van der Waals surface area contributed by atoms with E-state index in [1.807, 2.05) is 19.1 Å². The Hall–Kier alpha value is -3.15.